The lowest BCUT2D eigenvalue weighted by atomic mass is 10.1. The quantitative estimate of drug-likeness (QED) is 0.195. The Labute approximate surface area is 191 Å². The second-order valence-electron chi connectivity index (χ2n) is 8.42. The van der Waals surface area contributed by atoms with Crippen molar-refractivity contribution in [3.8, 4) is 0 Å². The standard InChI is InChI=1S/C22H42N4O6/c1-17(2)15-19(27)31-13-11-25-21(29)23-9-7-5-6-8-10-24-22(30)26-12-14-32-20(28)16-18(3)4/h17-18H,5-16H2,1-4H3,(H2,23,25,29)(H2,24,26,30). The number of amides is 4. The predicted octanol–water partition coefficient (Wildman–Crippen LogP) is 2.32. The van der Waals surface area contributed by atoms with E-state index in [0.717, 1.165) is 25.7 Å². The molecule has 0 aliphatic carbocycles. The molecule has 4 N–H and O–H groups in total. The molecule has 0 unspecified atom stereocenters. The highest BCUT2D eigenvalue weighted by Crippen LogP contribution is 2.01. The molecule has 10 heteroatoms. The van der Waals surface area contributed by atoms with Crippen LogP contribution in [0.15, 0.2) is 0 Å². The molecule has 0 fully saturated rings. The fourth-order valence-corrected chi connectivity index (χ4v) is 2.58. The van der Waals surface area contributed by atoms with Crippen molar-refractivity contribution in [3.05, 3.63) is 0 Å². The van der Waals surface area contributed by atoms with Gasteiger partial charge in [-0.3, -0.25) is 9.59 Å². The Hall–Kier alpha value is -2.52. The van der Waals surface area contributed by atoms with Gasteiger partial charge < -0.3 is 30.7 Å². The van der Waals surface area contributed by atoms with Gasteiger partial charge in [-0.1, -0.05) is 40.5 Å². The van der Waals surface area contributed by atoms with E-state index in [2.05, 4.69) is 21.3 Å². The fraction of sp³-hybridized carbons (Fsp3) is 0.818. The van der Waals surface area contributed by atoms with E-state index in [-0.39, 0.29) is 62.1 Å². The summed E-state index contributed by atoms with van der Waals surface area (Å²) in [7, 11) is 0. The van der Waals surface area contributed by atoms with Gasteiger partial charge >= 0.3 is 24.0 Å². The van der Waals surface area contributed by atoms with E-state index in [9.17, 15) is 19.2 Å². The minimum Gasteiger partial charge on any atom is -0.464 e. The van der Waals surface area contributed by atoms with E-state index in [4.69, 9.17) is 9.47 Å². The Balaban J connectivity index is 3.43. The molecular weight excluding hydrogens is 416 g/mol. The van der Waals surface area contributed by atoms with Gasteiger partial charge in [0.25, 0.3) is 0 Å². The van der Waals surface area contributed by atoms with Crippen LogP contribution in [0.2, 0.25) is 0 Å². The van der Waals surface area contributed by atoms with E-state index in [0.29, 0.717) is 25.9 Å². The zero-order valence-corrected chi connectivity index (χ0v) is 20.1. The van der Waals surface area contributed by atoms with Gasteiger partial charge in [0.15, 0.2) is 0 Å². The molecule has 0 radical (unpaired) electrons. The highest BCUT2D eigenvalue weighted by Gasteiger charge is 2.07. The molecule has 186 valence electrons. The Morgan fingerprint density at radius 3 is 1.25 bits per heavy atom. The molecule has 0 saturated carbocycles. The van der Waals surface area contributed by atoms with E-state index in [1.54, 1.807) is 0 Å². The molecular formula is C22H42N4O6. The van der Waals surface area contributed by atoms with Crippen molar-refractivity contribution in [2.45, 2.75) is 66.2 Å². The Bertz CT molecular complexity index is 507. The Morgan fingerprint density at radius 1 is 0.562 bits per heavy atom. The third-order valence-electron chi connectivity index (χ3n) is 4.13. The van der Waals surface area contributed by atoms with Gasteiger partial charge in [0.2, 0.25) is 0 Å². The van der Waals surface area contributed by atoms with Crippen molar-refractivity contribution in [1.29, 1.82) is 0 Å². The lowest BCUT2D eigenvalue weighted by Crippen LogP contribution is -2.38. The summed E-state index contributed by atoms with van der Waals surface area (Å²) in [4.78, 5) is 46.0. The van der Waals surface area contributed by atoms with Crippen molar-refractivity contribution in [2.24, 2.45) is 11.8 Å². The summed E-state index contributed by atoms with van der Waals surface area (Å²) >= 11 is 0. The molecule has 10 nitrogen and oxygen atoms in total. The number of unbranched alkanes of at least 4 members (excludes halogenated alkanes) is 3. The largest absolute Gasteiger partial charge is 0.464 e. The maximum Gasteiger partial charge on any atom is 0.314 e. The second kappa shape index (κ2) is 19.2. The molecule has 0 aromatic carbocycles. The van der Waals surface area contributed by atoms with Crippen LogP contribution in [0.5, 0.6) is 0 Å². The normalized spacial score (nSPS) is 10.6. The van der Waals surface area contributed by atoms with Crippen LogP contribution in [0.1, 0.15) is 66.2 Å². The van der Waals surface area contributed by atoms with Crippen molar-refractivity contribution in [1.82, 2.24) is 21.3 Å². The van der Waals surface area contributed by atoms with Crippen LogP contribution in [-0.4, -0.2) is 63.4 Å². The highest BCUT2D eigenvalue weighted by atomic mass is 16.5. The number of hydrogen-bond acceptors (Lipinski definition) is 6. The molecule has 0 bridgehead atoms. The lowest BCUT2D eigenvalue weighted by Gasteiger charge is -2.10. The zero-order chi connectivity index (χ0) is 24.2. The number of nitrogens with one attached hydrogen (secondary N) is 4. The maximum atomic E-state index is 11.6. The molecule has 0 atom stereocenters. The van der Waals surface area contributed by atoms with Crippen LogP contribution in [0.25, 0.3) is 0 Å². The van der Waals surface area contributed by atoms with E-state index in [1.165, 1.54) is 0 Å². The number of carbonyl (C=O) groups excluding carboxylic acids is 4. The summed E-state index contributed by atoms with van der Waals surface area (Å²) in [5.74, 6) is 0.00168. The molecule has 32 heavy (non-hydrogen) atoms. The minimum absolute atomic E-state index is 0.169. The number of ether oxygens (including phenoxy) is 2. The summed E-state index contributed by atoms with van der Waals surface area (Å²) in [6.45, 7) is 9.79. The minimum atomic E-state index is -0.280. The van der Waals surface area contributed by atoms with Crippen LogP contribution in [0.4, 0.5) is 9.59 Å². The van der Waals surface area contributed by atoms with Gasteiger partial charge in [-0.2, -0.15) is 0 Å². The lowest BCUT2D eigenvalue weighted by molar-refractivity contribution is -0.145. The molecule has 0 saturated heterocycles. The summed E-state index contributed by atoms with van der Waals surface area (Å²) in [5, 5.41) is 10.8. The van der Waals surface area contributed by atoms with Crippen molar-refractivity contribution < 1.29 is 28.7 Å². The number of carbonyl (C=O) groups is 4. The maximum absolute atomic E-state index is 11.6. The molecule has 0 aromatic heterocycles. The van der Waals surface area contributed by atoms with Gasteiger partial charge in [-0.15, -0.1) is 0 Å². The average Bonchev–Trinajstić information content (AvgIpc) is 2.69. The predicted molar refractivity (Wildman–Crippen MR) is 122 cm³/mol. The number of esters is 2. The van der Waals surface area contributed by atoms with Gasteiger partial charge in [0.05, 0.1) is 13.1 Å². The number of rotatable bonds is 17. The zero-order valence-electron chi connectivity index (χ0n) is 20.1. The third kappa shape index (κ3) is 20.7. The Morgan fingerprint density at radius 2 is 0.906 bits per heavy atom. The van der Waals surface area contributed by atoms with Crippen LogP contribution < -0.4 is 21.3 Å². The average molecular weight is 459 g/mol. The van der Waals surface area contributed by atoms with Gasteiger partial charge in [0, 0.05) is 25.9 Å². The Kier molecular flexibility index (Phi) is 17.7. The third-order valence-corrected chi connectivity index (χ3v) is 4.13. The fourth-order valence-electron chi connectivity index (χ4n) is 2.58. The van der Waals surface area contributed by atoms with Crippen LogP contribution >= 0.6 is 0 Å². The van der Waals surface area contributed by atoms with Gasteiger partial charge in [-0.05, 0) is 24.7 Å². The molecule has 0 heterocycles. The summed E-state index contributed by atoms with van der Waals surface area (Å²) in [6.07, 6.45) is 4.30. The SMILES string of the molecule is CC(C)CC(=O)OCCNC(=O)NCCCCCCNC(=O)NCCOC(=O)CC(C)C. The molecule has 0 aromatic rings. The summed E-state index contributed by atoms with van der Waals surface area (Å²) in [5.41, 5.74) is 0. The molecule has 0 aliphatic heterocycles. The molecule has 0 spiro atoms. The molecule has 0 rings (SSSR count). The smallest absolute Gasteiger partial charge is 0.314 e. The van der Waals surface area contributed by atoms with Crippen molar-refractivity contribution in [3.63, 3.8) is 0 Å². The van der Waals surface area contributed by atoms with Crippen LogP contribution in [0.3, 0.4) is 0 Å². The monoisotopic (exact) mass is 458 g/mol. The summed E-state index contributed by atoms with van der Waals surface area (Å²) in [6, 6.07) is -0.559. The van der Waals surface area contributed by atoms with E-state index in [1.807, 2.05) is 27.7 Å². The van der Waals surface area contributed by atoms with Gasteiger partial charge in [-0.25, -0.2) is 9.59 Å². The molecule has 4 amide bonds. The topological polar surface area (TPSA) is 135 Å². The second-order valence-corrected chi connectivity index (χ2v) is 8.42. The number of urea groups is 2. The first-order valence-electron chi connectivity index (χ1n) is 11.5. The van der Waals surface area contributed by atoms with Crippen molar-refractivity contribution in [2.75, 3.05) is 39.4 Å². The number of hydrogen-bond donors (Lipinski definition) is 4. The van der Waals surface area contributed by atoms with Crippen molar-refractivity contribution >= 4 is 24.0 Å². The first kappa shape index (κ1) is 29.5. The van der Waals surface area contributed by atoms with E-state index < -0.39 is 0 Å². The summed E-state index contributed by atoms with van der Waals surface area (Å²) < 4.78 is 10.0. The van der Waals surface area contributed by atoms with Crippen LogP contribution in [0, 0.1) is 11.8 Å². The van der Waals surface area contributed by atoms with E-state index >= 15 is 0 Å². The van der Waals surface area contributed by atoms with Gasteiger partial charge in [0.1, 0.15) is 13.2 Å². The highest BCUT2D eigenvalue weighted by molar-refractivity contribution is 5.74. The first-order valence-corrected chi connectivity index (χ1v) is 11.5. The molecule has 0 aliphatic rings. The van der Waals surface area contributed by atoms with Crippen LogP contribution in [-0.2, 0) is 19.1 Å². The first-order chi connectivity index (χ1) is 15.2.